The maximum atomic E-state index is 8.54. The van der Waals surface area contributed by atoms with Crippen LogP contribution in [0.25, 0.3) is 0 Å². The van der Waals surface area contributed by atoms with E-state index in [-0.39, 0.29) is 6.61 Å². The highest BCUT2D eigenvalue weighted by atomic mass is 32.2. The van der Waals surface area contributed by atoms with Gasteiger partial charge in [0.25, 0.3) is 0 Å². The van der Waals surface area contributed by atoms with Crippen molar-refractivity contribution < 1.29 is 5.11 Å². The van der Waals surface area contributed by atoms with E-state index in [1.807, 2.05) is 13.0 Å². The highest BCUT2D eigenvalue weighted by Crippen LogP contribution is 2.12. The van der Waals surface area contributed by atoms with E-state index >= 15 is 0 Å². The van der Waals surface area contributed by atoms with Crippen LogP contribution in [0.4, 0.5) is 0 Å². The van der Waals surface area contributed by atoms with Crippen molar-refractivity contribution in [1.82, 2.24) is 9.97 Å². The average molecular weight is 184 g/mol. The predicted molar refractivity (Wildman–Crippen MR) is 49.2 cm³/mol. The fourth-order valence-electron chi connectivity index (χ4n) is 0.723. The Balaban J connectivity index is 2.41. The van der Waals surface area contributed by atoms with Crippen LogP contribution in [0.15, 0.2) is 17.4 Å². The van der Waals surface area contributed by atoms with Gasteiger partial charge in [-0.05, 0) is 19.4 Å². The summed E-state index contributed by atoms with van der Waals surface area (Å²) in [6.07, 6.45) is 2.55. The topological polar surface area (TPSA) is 46.0 Å². The van der Waals surface area contributed by atoms with Crippen LogP contribution >= 0.6 is 11.8 Å². The molecule has 1 N–H and O–H groups in total. The maximum Gasteiger partial charge on any atom is 0.187 e. The normalized spacial score (nSPS) is 10.2. The zero-order chi connectivity index (χ0) is 8.81. The molecule has 12 heavy (non-hydrogen) atoms. The summed E-state index contributed by atoms with van der Waals surface area (Å²) >= 11 is 1.58. The van der Waals surface area contributed by atoms with Gasteiger partial charge in [0.05, 0.1) is 0 Å². The molecule has 0 radical (unpaired) electrons. The maximum absolute atomic E-state index is 8.54. The first-order chi connectivity index (χ1) is 5.83. The Kier molecular flexibility index (Phi) is 4.04. The Bertz CT molecular complexity index is 242. The van der Waals surface area contributed by atoms with E-state index in [0.717, 1.165) is 23.0 Å². The smallest absolute Gasteiger partial charge is 0.187 e. The van der Waals surface area contributed by atoms with Gasteiger partial charge in [-0.3, -0.25) is 0 Å². The first-order valence-corrected chi connectivity index (χ1v) is 4.85. The van der Waals surface area contributed by atoms with E-state index in [1.54, 1.807) is 18.0 Å². The summed E-state index contributed by atoms with van der Waals surface area (Å²) in [5, 5.41) is 9.34. The Morgan fingerprint density at radius 3 is 3.08 bits per heavy atom. The highest BCUT2D eigenvalue weighted by molar-refractivity contribution is 7.99. The van der Waals surface area contributed by atoms with Crippen LogP contribution in [-0.2, 0) is 0 Å². The first-order valence-electron chi connectivity index (χ1n) is 3.86. The summed E-state index contributed by atoms with van der Waals surface area (Å²) in [6, 6.07) is 1.87. The molecule has 3 nitrogen and oxygen atoms in total. The van der Waals surface area contributed by atoms with Gasteiger partial charge in [-0.2, -0.15) is 0 Å². The Morgan fingerprint density at radius 1 is 1.58 bits per heavy atom. The number of hydrogen-bond acceptors (Lipinski definition) is 4. The third-order valence-corrected chi connectivity index (χ3v) is 2.25. The van der Waals surface area contributed by atoms with Crippen molar-refractivity contribution in [2.45, 2.75) is 18.5 Å². The molecule has 0 amide bonds. The second-order valence-corrected chi connectivity index (χ2v) is 3.47. The lowest BCUT2D eigenvalue weighted by Gasteiger charge is -1.98. The molecule has 0 aliphatic carbocycles. The van der Waals surface area contributed by atoms with Gasteiger partial charge in [-0.1, -0.05) is 11.8 Å². The van der Waals surface area contributed by atoms with Crippen LogP contribution in [0.1, 0.15) is 12.1 Å². The molecular weight excluding hydrogens is 172 g/mol. The Labute approximate surface area is 76.2 Å². The summed E-state index contributed by atoms with van der Waals surface area (Å²) in [4.78, 5) is 8.30. The number of thioether (sulfide) groups is 1. The minimum Gasteiger partial charge on any atom is -0.396 e. The fourth-order valence-corrected chi connectivity index (χ4v) is 1.52. The number of aliphatic hydroxyl groups is 1. The van der Waals surface area contributed by atoms with Crippen molar-refractivity contribution in [1.29, 1.82) is 0 Å². The van der Waals surface area contributed by atoms with Gasteiger partial charge >= 0.3 is 0 Å². The molecule has 0 saturated heterocycles. The molecule has 66 valence electrons. The predicted octanol–water partition coefficient (Wildman–Crippen LogP) is 1.26. The fraction of sp³-hybridized carbons (Fsp3) is 0.500. The largest absolute Gasteiger partial charge is 0.396 e. The first kappa shape index (κ1) is 9.48. The zero-order valence-electron chi connectivity index (χ0n) is 7.03. The second kappa shape index (κ2) is 5.11. The molecule has 0 aliphatic heterocycles. The van der Waals surface area contributed by atoms with Gasteiger partial charge in [-0.25, -0.2) is 9.97 Å². The van der Waals surface area contributed by atoms with Crippen molar-refractivity contribution in [3.05, 3.63) is 18.0 Å². The van der Waals surface area contributed by atoms with Gasteiger partial charge in [0, 0.05) is 24.3 Å². The lowest BCUT2D eigenvalue weighted by molar-refractivity contribution is 0.296. The molecule has 4 heteroatoms. The monoisotopic (exact) mass is 184 g/mol. The van der Waals surface area contributed by atoms with Crippen LogP contribution in [0.2, 0.25) is 0 Å². The van der Waals surface area contributed by atoms with Gasteiger partial charge in [-0.15, -0.1) is 0 Å². The van der Waals surface area contributed by atoms with E-state index in [0.29, 0.717) is 0 Å². The molecule has 0 fully saturated rings. The molecule has 1 rings (SSSR count). The zero-order valence-corrected chi connectivity index (χ0v) is 7.84. The molecule has 0 unspecified atom stereocenters. The van der Waals surface area contributed by atoms with Crippen LogP contribution in [0, 0.1) is 6.92 Å². The molecule has 0 saturated carbocycles. The van der Waals surface area contributed by atoms with Crippen LogP contribution in [0.5, 0.6) is 0 Å². The number of aliphatic hydroxyl groups excluding tert-OH is 1. The van der Waals surface area contributed by atoms with Crippen LogP contribution < -0.4 is 0 Å². The van der Waals surface area contributed by atoms with E-state index < -0.39 is 0 Å². The van der Waals surface area contributed by atoms with Crippen molar-refractivity contribution in [2.24, 2.45) is 0 Å². The molecule has 1 aromatic heterocycles. The van der Waals surface area contributed by atoms with E-state index in [4.69, 9.17) is 5.11 Å². The number of aryl methyl sites for hydroxylation is 1. The number of aromatic nitrogens is 2. The molecule has 0 atom stereocenters. The molecule has 0 bridgehead atoms. The Morgan fingerprint density at radius 2 is 2.42 bits per heavy atom. The third kappa shape index (κ3) is 3.19. The van der Waals surface area contributed by atoms with Gasteiger partial charge in [0.1, 0.15) is 0 Å². The van der Waals surface area contributed by atoms with E-state index in [9.17, 15) is 0 Å². The standard InChI is InChI=1S/C8H12N2OS/c1-7-3-4-9-8(10-7)12-6-2-5-11/h3-4,11H,2,5-6H2,1H3. The van der Waals surface area contributed by atoms with Crippen molar-refractivity contribution in [3.8, 4) is 0 Å². The van der Waals surface area contributed by atoms with Gasteiger partial charge in [0.2, 0.25) is 0 Å². The lowest BCUT2D eigenvalue weighted by Crippen LogP contribution is -1.91. The van der Waals surface area contributed by atoms with Gasteiger partial charge < -0.3 is 5.11 Å². The van der Waals surface area contributed by atoms with Crippen molar-refractivity contribution in [3.63, 3.8) is 0 Å². The Hall–Kier alpha value is -0.610. The minimum atomic E-state index is 0.235. The third-order valence-electron chi connectivity index (χ3n) is 1.31. The SMILES string of the molecule is Cc1ccnc(SCCCO)n1. The lowest BCUT2D eigenvalue weighted by atomic mass is 10.5. The summed E-state index contributed by atoms with van der Waals surface area (Å²) in [6.45, 7) is 2.18. The summed E-state index contributed by atoms with van der Waals surface area (Å²) in [7, 11) is 0. The molecular formula is C8H12N2OS. The van der Waals surface area contributed by atoms with Crippen molar-refractivity contribution >= 4 is 11.8 Å². The number of nitrogens with zero attached hydrogens (tertiary/aromatic N) is 2. The molecule has 1 aromatic rings. The van der Waals surface area contributed by atoms with E-state index in [2.05, 4.69) is 9.97 Å². The average Bonchev–Trinajstić information content (AvgIpc) is 2.05. The number of hydrogen-bond donors (Lipinski definition) is 1. The highest BCUT2D eigenvalue weighted by Gasteiger charge is 1.95. The summed E-state index contributed by atoms with van der Waals surface area (Å²) in [5.41, 5.74) is 0.983. The van der Waals surface area contributed by atoms with Crippen molar-refractivity contribution in [2.75, 3.05) is 12.4 Å². The minimum absolute atomic E-state index is 0.235. The van der Waals surface area contributed by atoms with Crippen LogP contribution in [-0.4, -0.2) is 27.4 Å². The van der Waals surface area contributed by atoms with Gasteiger partial charge in [0.15, 0.2) is 5.16 Å². The summed E-state index contributed by atoms with van der Waals surface area (Å²) < 4.78 is 0. The quantitative estimate of drug-likeness (QED) is 0.435. The molecule has 0 aromatic carbocycles. The summed E-state index contributed by atoms with van der Waals surface area (Å²) in [5.74, 6) is 0.875. The molecule has 0 aliphatic rings. The van der Waals surface area contributed by atoms with E-state index in [1.165, 1.54) is 0 Å². The second-order valence-electron chi connectivity index (χ2n) is 2.41. The molecule has 1 heterocycles. The number of rotatable bonds is 4. The van der Waals surface area contributed by atoms with Crippen LogP contribution in [0.3, 0.4) is 0 Å². The molecule has 0 spiro atoms.